The molecule has 2 heterocycles. The predicted octanol–water partition coefficient (Wildman–Crippen LogP) is 3.53. The molecule has 3 aliphatic rings. The average Bonchev–Trinajstić information content (AvgIpc) is 3.25. The van der Waals surface area contributed by atoms with Crippen molar-refractivity contribution in [2.75, 3.05) is 13.7 Å². The van der Waals surface area contributed by atoms with Gasteiger partial charge in [-0.25, -0.2) is 0 Å². The lowest BCUT2D eigenvalue weighted by atomic mass is 9.63. The number of hydrogen-bond donors (Lipinski definition) is 3. The third kappa shape index (κ3) is 5.06. The molecule has 2 fully saturated rings. The molecule has 8 heteroatoms. The quantitative estimate of drug-likeness (QED) is 0.481. The lowest BCUT2D eigenvalue weighted by Crippen LogP contribution is -2.60. The van der Waals surface area contributed by atoms with Gasteiger partial charge in [0.2, 0.25) is 17.7 Å². The standard InChI is InChI=1S/C33H44N4O4/c1-19(2)33(20(3)4)18-27-37(32(40)26(15-16-41-27)35-30(38)21(5)34-6)29(33)31(39)36-28-24-13-9-7-11-22(24)17-23-12-8-10-14-25(23)28/h7-14,19-21,26-29,34H,15-18H2,1-6H3,(H,35,38)(H,36,39)/t21-,26-,27?,29?/m0/s1. The second-order valence-corrected chi connectivity index (χ2v) is 12.5. The lowest BCUT2D eigenvalue weighted by molar-refractivity contribution is -0.151. The molecule has 41 heavy (non-hydrogen) atoms. The smallest absolute Gasteiger partial charge is 0.247 e. The number of likely N-dealkylation sites (N-methyl/N-ethyl adjacent to an activating group) is 1. The van der Waals surface area contributed by atoms with Crippen molar-refractivity contribution in [1.29, 1.82) is 0 Å². The maximum absolute atomic E-state index is 14.7. The number of nitrogens with zero attached hydrogens (tertiary/aromatic N) is 1. The Morgan fingerprint density at radius 1 is 0.927 bits per heavy atom. The van der Waals surface area contributed by atoms with Crippen molar-refractivity contribution in [3.8, 4) is 0 Å². The van der Waals surface area contributed by atoms with Crippen molar-refractivity contribution in [2.24, 2.45) is 17.3 Å². The number of benzene rings is 2. The number of rotatable bonds is 7. The maximum Gasteiger partial charge on any atom is 0.247 e. The molecule has 3 amide bonds. The summed E-state index contributed by atoms with van der Waals surface area (Å²) in [4.78, 5) is 43.4. The van der Waals surface area contributed by atoms with Crippen LogP contribution in [0.4, 0.5) is 0 Å². The van der Waals surface area contributed by atoms with E-state index in [2.05, 4.69) is 67.9 Å². The van der Waals surface area contributed by atoms with E-state index in [0.717, 1.165) is 17.5 Å². The first-order valence-electron chi connectivity index (χ1n) is 15.0. The van der Waals surface area contributed by atoms with E-state index in [1.807, 2.05) is 24.3 Å². The first-order chi connectivity index (χ1) is 19.6. The number of carbonyl (C=O) groups is 3. The number of nitrogens with one attached hydrogen (secondary N) is 3. The van der Waals surface area contributed by atoms with E-state index < -0.39 is 29.8 Å². The van der Waals surface area contributed by atoms with Crippen LogP contribution in [0.2, 0.25) is 0 Å². The second kappa shape index (κ2) is 11.6. The minimum atomic E-state index is -0.759. The molecule has 1 aliphatic carbocycles. The third-order valence-electron chi connectivity index (χ3n) is 9.84. The number of ether oxygens (including phenoxy) is 1. The van der Waals surface area contributed by atoms with Gasteiger partial charge in [0.25, 0.3) is 0 Å². The molecule has 3 N–H and O–H groups in total. The van der Waals surface area contributed by atoms with Gasteiger partial charge in [-0.15, -0.1) is 0 Å². The van der Waals surface area contributed by atoms with Gasteiger partial charge in [-0.2, -0.15) is 0 Å². The summed E-state index contributed by atoms with van der Waals surface area (Å²) in [6, 6.07) is 14.2. The highest BCUT2D eigenvalue weighted by Gasteiger charge is 2.61. The normalized spacial score (nSPS) is 24.3. The molecule has 2 saturated heterocycles. The molecular weight excluding hydrogens is 516 g/mol. The van der Waals surface area contributed by atoms with Crippen LogP contribution in [0.25, 0.3) is 0 Å². The summed E-state index contributed by atoms with van der Waals surface area (Å²) in [6.07, 6.45) is 1.22. The Bertz CT molecular complexity index is 1250. The second-order valence-electron chi connectivity index (χ2n) is 12.5. The van der Waals surface area contributed by atoms with Crippen molar-refractivity contribution in [3.05, 3.63) is 70.8 Å². The Balaban J connectivity index is 1.54. The zero-order valence-corrected chi connectivity index (χ0v) is 25.1. The summed E-state index contributed by atoms with van der Waals surface area (Å²) in [6.45, 7) is 10.6. The number of hydrogen-bond acceptors (Lipinski definition) is 5. The van der Waals surface area contributed by atoms with Crippen LogP contribution in [0.15, 0.2) is 48.5 Å². The summed E-state index contributed by atoms with van der Waals surface area (Å²) in [5, 5.41) is 9.26. The van der Waals surface area contributed by atoms with Crippen LogP contribution in [0.3, 0.4) is 0 Å². The molecule has 2 aliphatic heterocycles. The fourth-order valence-electron chi connectivity index (χ4n) is 7.38. The van der Waals surface area contributed by atoms with Crippen LogP contribution in [0, 0.1) is 17.3 Å². The van der Waals surface area contributed by atoms with Crippen molar-refractivity contribution >= 4 is 17.7 Å². The van der Waals surface area contributed by atoms with Gasteiger partial charge in [0, 0.05) is 18.3 Å². The van der Waals surface area contributed by atoms with Gasteiger partial charge in [-0.05, 0) is 54.5 Å². The molecule has 0 aromatic heterocycles. The predicted molar refractivity (Wildman–Crippen MR) is 158 cm³/mol. The van der Waals surface area contributed by atoms with Crippen molar-refractivity contribution < 1.29 is 19.1 Å². The van der Waals surface area contributed by atoms with Crippen LogP contribution in [0.1, 0.15) is 75.8 Å². The number of carbonyl (C=O) groups excluding carboxylic acids is 3. The fourth-order valence-corrected chi connectivity index (χ4v) is 7.38. The van der Waals surface area contributed by atoms with Gasteiger partial charge < -0.3 is 25.6 Å². The average molecular weight is 561 g/mol. The zero-order chi connectivity index (χ0) is 29.5. The first kappa shape index (κ1) is 29.3. The van der Waals surface area contributed by atoms with E-state index in [-0.39, 0.29) is 35.6 Å². The Kier molecular flexibility index (Phi) is 8.26. The maximum atomic E-state index is 14.7. The van der Waals surface area contributed by atoms with Gasteiger partial charge in [0.1, 0.15) is 18.3 Å². The van der Waals surface area contributed by atoms with Crippen LogP contribution in [0.5, 0.6) is 0 Å². The highest BCUT2D eigenvalue weighted by atomic mass is 16.5. The molecule has 0 spiro atoms. The van der Waals surface area contributed by atoms with E-state index >= 15 is 0 Å². The lowest BCUT2D eigenvalue weighted by Gasteiger charge is -2.44. The molecule has 5 rings (SSSR count). The minimum absolute atomic E-state index is 0.102. The minimum Gasteiger partial charge on any atom is -0.358 e. The summed E-state index contributed by atoms with van der Waals surface area (Å²) in [5.41, 5.74) is 4.03. The largest absolute Gasteiger partial charge is 0.358 e. The molecule has 0 saturated carbocycles. The van der Waals surface area contributed by atoms with E-state index in [0.29, 0.717) is 19.4 Å². The van der Waals surface area contributed by atoms with Crippen LogP contribution in [-0.2, 0) is 25.5 Å². The Morgan fingerprint density at radius 3 is 2.07 bits per heavy atom. The Labute approximate surface area is 243 Å². The van der Waals surface area contributed by atoms with Gasteiger partial charge >= 0.3 is 0 Å². The molecule has 8 nitrogen and oxygen atoms in total. The molecule has 2 aromatic carbocycles. The summed E-state index contributed by atoms with van der Waals surface area (Å²) < 4.78 is 6.29. The highest BCUT2D eigenvalue weighted by molar-refractivity contribution is 5.94. The molecule has 2 aromatic rings. The molecule has 4 atom stereocenters. The summed E-state index contributed by atoms with van der Waals surface area (Å²) in [7, 11) is 1.71. The molecular formula is C33H44N4O4. The van der Waals surface area contributed by atoms with Gasteiger partial charge in [-0.3, -0.25) is 14.4 Å². The van der Waals surface area contributed by atoms with Gasteiger partial charge in [0.15, 0.2) is 0 Å². The van der Waals surface area contributed by atoms with E-state index in [1.165, 1.54) is 11.1 Å². The van der Waals surface area contributed by atoms with E-state index in [4.69, 9.17) is 4.74 Å². The van der Waals surface area contributed by atoms with E-state index in [9.17, 15) is 14.4 Å². The van der Waals surface area contributed by atoms with Crippen LogP contribution in [-0.4, -0.2) is 60.6 Å². The van der Waals surface area contributed by atoms with Crippen molar-refractivity contribution in [1.82, 2.24) is 20.9 Å². The first-order valence-corrected chi connectivity index (χ1v) is 15.0. The SMILES string of the molecule is CN[C@@H](C)C(=O)N[C@H]1CCOC2CC(C(C)C)(C(C)C)C(C(=O)NC3c4ccccc4Cc4ccccc43)N2C1=O. The number of fused-ring (bicyclic) bond motifs is 3. The van der Waals surface area contributed by atoms with Crippen LogP contribution >= 0.6 is 0 Å². The zero-order valence-electron chi connectivity index (χ0n) is 25.1. The summed E-state index contributed by atoms with van der Waals surface area (Å²) in [5.74, 6) is -0.482. The molecule has 220 valence electrons. The Hall–Kier alpha value is -3.23. The monoisotopic (exact) mass is 560 g/mol. The topological polar surface area (TPSA) is 99.8 Å². The molecule has 0 bridgehead atoms. The van der Waals surface area contributed by atoms with Crippen molar-refractivity contribution in [3.63, 3.8) is 0 Å². The highest BCUT2D eigenvalue weighted by Crippen LogP contribution is 2.53. The molecule has 2 unspecified atom stereocenters. The van der Waals surface area contributed by atoms with E-state index in [1.54, 1.807) is 18.9 Å². The van der Waals surface area contributed by atoms with Gasteiger partial charge in [-0.1, -0.05) is 76.2 Å². The van der Waals surface area contributed by atoms with Gasteiger partial charge in [0.05, 0.1) is 18.7 Å². The fraction of sp³-hybridized carbons (Fsp3) is 0.545. The summed E-state index contributed by atoms with van der Waals surface area (Å²) >= 11 is 0. The Morgan fingerprint density at radius 2 is 1.51 bits per heavy atom. The number of amides is 3. The molecule has 0 radical (unpaired) electrons. The third-order valence-corrected chi connectivity index (χ3v) is 9.84. The van der Waals surface area contributed by atoms with Crippen LogP contribution < -0.4 is 16.0 Å². The van der Waals surface area contributed by atoms with Crippen molar-refractivity contribution in [2.45, 2.75) is 84.3 Å².